The first-order valence-corrected chi connectivity index (χ1v) is 8.49. The lowest BCUT2D eigenvalue weighted by atomic mass is 10.2. The van der Waals surface area contributed by atoms with E-state index in [0.717, 1.165) is 0 Å². The highest BCUT2D eigenvalue weighted by Crippen LogP contribution is 2.24. The zero-order valence-electron chi connectivity index (χ0n) is 12.5. The number of carbonyl (C=O) groups excluding carboxylic acids is 1. The van der Waals surface area contributed by atoms with Crippen molar-refractivity contribution in [2.75, 3.05) is 29.7 Å². The first-order chi connectivity index (χ1) is 9.73. The van der Waals surface area contributed by atoms with E-state index in [0.29, 0.717) is 23.5 Å². The molecule has 1 aromatic rings. The average molecular weight is 314 g/mol. The summed E-state index contributed by atoms with van der Waals surface area (Å²) in [5.74, 6) is -0.271. The maximum atomic E-state index is 11.8. The van der Waals surface area contributed by atoms with Gasteiger partial charge in [-0.1, -0.05) is 13.8 Å². The fraction of sp³-hybridized carbons (Fsp3) is 0.500. The number of hydrogen-bond donors (Lipinski definition) is 2. The van der Waals surface area contributed by atoms with Crippen molar-refractivity contribution in [3.63, 3.8) is 0 Å². The van der Waals surface area contributed by atoms with Crippen LogP contribution in [0.3, 0.4) is 0 Å². The van der Waals surface area contributed by atoms with E-state index >= 15 is 0 Å². The van der Waals surface area contributed by atoms with Crippen LogP contribution in [0.5, 0.6) is 5.75 Å². The summed E-state index contributed by atoms with van der Waals surface area (Å²) in [5.41, 5.74) is 6.46. The Morgan fingerprint density at radius 1 is 1.38 bits per heavy atom. The van der Waals surface area contributed by atoms with Gasteiger partial charge in [-0.3, -0.25) is 4.79 Å². The number of carbonyl (C=O) groups is 1. The number of nitrogen functional groups attached to an aromatic ring is 1. The van der Waals surface area contributed by atoms with Crippen LogP contribution in [-0.4, -0.2) is 32.9 Å². The van der Waals surface area contributed by atoms with Gasteiger partial charge in [0.15, 0.2) is 9.84 Å². The summed E-state index contributed by atoms with van der Waals surface area (Å²) in [6.07, 6.45) is 0.542. The van der Waals surface area contributed by atoms with Crippen molar-refractivity contribution >= 4 is 27.1 Å². The first-order valence-electron chi connectivity index (χ1n) is 6.67. The van der Waals surface area contributed by atoms with Crippen LogP contribution in [0.1, 0.15) is 20.3 Å². The molecule has 0 aliphatic rings. The van der Waals surface area contributed by atoms with Gasteiger partial charge in [0.2, 0.25) is 5.91 Å². The van der Waals surface area contributed by atoms with Gasteiger partial charge in [-0.25, -0.2) is 8.42 Å². The Hall–Kier alpha value is -1.76. The third kappa shape index (κ3) is 6.03. The minimum atomic E-state index is -3.40. The minimum Gasteiger partial charge on any atom is -0.497 e. The molecule has 3 N–H and O–H groups in total. The van der Waals surface area contributed by atoms with Gasteiger partial charge in [0, 0.05) is 6.07 Å². The Kier molecular flexibility index (Phi) is 6.02. The number of hydrogen-bond acceptors (Lipinski definition) is 5. The molecule has 6 nitrogen and oxygen atoms in total. The molecule has 21 heavy (non-hydrogen) atoms. The fourth-order valence-corrected chi connectivity index (χ4v) is 3.10. The predicted octanol–water partition coefficient (Wildman–Crippen LogP) is 1.68. The van der Waals surface area contributed by atoms with E-state index in [1.54, 1.807) is 18.2 Å². The number of methoxy groups -OCH3 is 1. The Balaban J connectivity index is 2.65. The van der Waals surface area contributed by atoms with Crippen molar-refractivity contribution in [3.05, 3.63) is 18.2 Å². The molecule has 0 saturated carbocycles. The predicted molar refractivity (Wildman–Crippen MR) is 84.1 cm³/mol. The van der Waals surface area contributed by atoms with Gasteiger partial charge in [0.25, 0.3) is 0 Å². The molecular formula is C14H22N2O4S. The monoisotopic (exact) mass is 314 g/mol. The number of amides is 1. The lowest BCUT2D eigenvalue weighted by Crippen LogP contribution is -2.25. The van der Waals surface area contributed by atoms with Gasteiger partial charge >= 0.3 is 0 Å². The molecule has 0 atom stereocenters. The van der Waals surface area contributed by atoms with Crippen molar-refractivity contribution in [2.24, 2.45) is 5.92 Å². The maximum Gasteiger partial charge on any atom is 0.239 e. The van der Waals surface area contributed by atoms with Gasteiger partial charge in [0.05, 0.1) is 24.2 Å². The highest BCUT2D eigenvalue weighted by Gasteiger charge is 2.18. The molecule has 1 aromatic carbocycles. The number of sulfone groups is 1. The average Bonchev–Trinajstić information content (AvgIpc) is 2.38. The zero-order valence-corrected chi connectivity index (χ0v) is 13.4. The topological polar surface area (TPSA) is 98.5 Å². The van der Waals surface area contributed by atoms with Gasteiger partial charge in [0.1, 0.15) is 11.5 Å². The zero-order chi connectivity index (χ0) is 16.0. The number of nitrogens with one attached hydrogen (secondary N) is 1. The SMILES string of the molecule is COc1ccc(NC(=O)CS(=O)(=O)CCC(C)C)c(N)c1. The van der Waals surface area contributed by atoms with E-state index in [1.165, 1.54) is 7.11 Å². The lowest BCUT2D eigenvalue weighted by Gasteiger charge is -2.10. The molecule has 0 spiro atoms. The van der Waals surface area contributed by atoms with Crippen LogP contribution in [0.2, 0.25) is 0 Å². The molecule has 0 fully saturated rings. The molecule has 0 radical (unpaired) electrons. The quantitative estimate of drug-likeness (QED) is 0.746. The summed E-state index contributed by atoms with van der Waals surface area (Å²) < 4.78 is 28.6. The molecule has 7 heteroatoms. The highest BCUT2D eigenvalue weighted by atomic mass is 32.2. The van der Waals surface area contributed by atoms with Crippen molar-refractivity contribution in [1.82, 2.24) is 0 Å². The van der Waals surface area contributed by atoms with Crippen LogP contribution in [0, 0.1) is 5.92 Å². The standard InChI is InChI=1S/C14H22N2O4S/c1-10(2)6-7-21(18,19)9-14(17)16-13-5-4-11(20-3)8-12(13)15/h4-5,8,10H,6-7,9,15H2,1-3H3,(H,16,17). The van der Waals surface area contributed by atoms with E-state index in [4.69, 9.17) is 10.5 Å². The van der Waals surface area contributed by atoms with Crippen molar-refractivity contribution < 1.29 is 17.9 Å². The van der Waals surface area contributed by atoms with Crippen LogP contribution in [0.4, 0.5) is 11.4 Å². The molecule has 0 saturated heterocycles. The normalized spacial score (nSPS) is 11.4. The van der Waals surface area contributed by atoms with E-state index < -0.39 is 21.5 Å². The van der Waals surface area contributed by atoms with Crippen molar-refractivity contribution in [1.29, 1.82) is 0 Å². The van der Waals surface area contributed by atoms with Crippen molar-refractivity contribution in [2.45, 2.75) is 20.3 Å². The molecule has 0 bridgehead atoms. The summed E-state index contributed by atoms with van der Waals surface area (Å²) in [6.45, 7) is 3.88. The van der Waals surface area contributed by atoms with Gasteiger partial charge in [-0.2, -0.15) is 0 Å². The molecule has 0 heterocycles. The molecule has 0 aliphatic carbocycles. The smallest absolute Gasteiger partial charge is 0.239 e. The molecule has 0 unspecified atom stereocenters. The second kappa shape index (κ2) is 7.31. The molecule has 0 aromatic heterocycles. The Morgan fingerprint density at radius 2 is 2.05 bits per heavy atom. The molecule has 1 rings (SSSR count). The first kappa shape index (κ1) is 17.3. The summed E-state index contributed by atoms with van der Waals surface area (Å²) in [6, 6.07) is 4.77. The summed E-state index contributed by atoms with van der Waals surface area (Å²) in [4.78, 5) is 11.8. The van der Waals surface area contributed by atoms with Gasteiger partial charge in [-0.15, -0.1) is 0 Å². The second-order valence-corrected chi connectivity index (χ2v) is 7.46. The number of benzene rings is 1. The highest BCUT2D eigenvalue weighted by molar-refractivity contribution is 7.92. The van der Waals surface area contributed by atoms with Crippen LogP contribution in [-0.2, 0) is 14.6 Å². The summed E-state index contributed by atoms with van der Waals surface area (Å²) in [5, 5.41) is 2.51. The molecule has 118 valence electrons. The molecule has 0 aliphatic heterocycles. The summed E-state index contributed by atoms with van der Waals surface area (Å²) in [7, 11) is -1.89. The lowest BCUT2D eigenvalue weighted by molar-refractivity contribution is -0.113. The minimum absolute atomic E-state index is 0.0101. The maximum absolute atomic E-state index is 11.8. The van der Waals surface area contributed by atoms with Gasteiger partial charge < -0.3 is 15.8 Å². The Morgan fingerprint density at radius 3 is 2.57 bits per heavy atom. The van der Waals surface area contributed by atoms with Crippen LogP contribution in [0.25, 0.3) is 0 Å². The second-order valence-electron chi connectivity index (χ2n) is 5.28. The molecule has 1 amide bonds. The summed E-state index contributed by atoms with van der Waals surface area (Å²) >= 11 is 0. The van der Waals surface area contributed by atoms with E-state index in [9.17, 15) is 13.2 Å². The number of rotatable bonds is 7. The molecular weight excluding hydrogens is 292 g/mol. The van der Waals surface area contributed by atoms with Crippen LogP contribution < -0.4 is 15.8 Å². The Labute approximate surface area is 125 Å². The third-order valence-electron chi connectivity index (χ3n) is 2.89. The fourth-order valence-electron chi connectivity index (χ4n) is 1.66. The van der Waals surface area contributed by atoms with Gasteiger partial charge in [-0.05, 0) is 24.5 Å². The van der Waals surface area contributed by atoms with E-state index in [-0.39, 0.29) is 11.7 Å². The Bertz CT molecular complexity index is 597. The van der Waals surface area contributed by atoms with Crippen LogP contribution in [0.15, 0.2) is 18.2 Å². The third-order valence-corrected chi connectivity index (χ3v) is 4.45. The van der Waals surface area contributed by atoms with Crippen molar-refractivity contribution in [3.8, 4) is 5.75 Å². The largest absolute Gasteiger partial charge is 0.497 e. The number of ether oxygens (including phenoxy) is 1. The van der Waals surface area contributed by atoms with Crippen LogP contribution >= 0.6 is 0 Å². The van der Waals surface area contributed by atoms with E-state index in [1.807, 2.05) is 13.8 Å². The number of nitrogens with two attached hydrogens (primary N) is 1. The van der Waals surface area contributed by atoms with E-state index in [2.05, 4.69) is 5.32 Å². The number of anilines is 2.